The Labute approximate surface area is 97.1 Å². The molecule has 1 aromatic heterocycles. The lowest BCUT2D eigenvalue weighted by molar-refractivity contribution is -0.141. The summed E-state index contributed by atoms with van der Waals surface area (Å²) in [5.74, 6) is -2.07. The molecule has 1 aromatic rings. The zero-order valence-corrected chi connectivity index (χ0v) is 9.51. The first-order valence-corrected chi connectivity index (χ1v) is 4.95. The summed E-state index contributed by atoms with van der Waals surface area (Å²) < 4.78 is 0. The van der Waals surface area contributed by atoms with Gasteiger partial charge < -0.3 is 15.0 Å². The van der Waals surface area contributed by atoms with Gasteiger partial charge >= 0.3 is 5.97 Å². The Balaban J connectivity index is 2.73. The molecule has 0 bridgehead atoms. The first-order valence-electron chi connectivity index (χ1n) is 4.95. The molecule has 7 nitrogen and oxygen atoms in total. The minimum atomic E-state index is -0.973. The molecular weight excluding hydrogens is 226 g/mol. The monoisotopic (exact) mass is 239 g/mol. The summed E-state index contributed by atoms with van der Waals surface area (Å²) in [6.45, 7) is 1.58. The highest BCUT2D eigenvalue weighted by molar-refractivity contribution is 5.92. The fourth-order valence-electron chi connectivity index (χ4n) is 1.23. The van der Waals surface area contributed by atoms with Gasteiger partial charge in [-0.2, -0.15) is 0 Å². The Morgan fingerprint density at radius 3 is 2.71 bits per heavy atom. The quantitative estimate of drug-likeness (QED) is 0.741. The smallest absolute Gasteiger partial charge is 0.308 e. The molecule has 0 aliphatic carbocycles. The average molecular weight is 239 g/mol. The maximum atomic E-state index is 11.8. The van der Waals surface area contributed by atoms with Gasteiger partial charge in [-0.25, -0.2) is 4.98 Å². The van der Waals surface area contributed by atoms with Crippen LogP contribution < -0.4 is 5.56 Å². The molecule has 1 amide bonds. The Bertz CT molecular complexity index is 462. The molecule has 0 radical (unpaired) electrons. The van der Waals surface area contributed by atoms with E-state index in [2.05, 4.69) is 9.97 Å². The van der Waals surface area contributed by atoms with Crippen molar-refractivity contribution in [2.75, 3.05) is 13.6 Å². The van der Waals surface area contributed by atoms with Crippen LogP contribution in [0.4, 0.5) is 0 Å². The van der Waals surface area contributed by atoms with E-state index in [0.29, 0.717) is 0 Å². The van der Waals surface area contributed by atoms with Crippen molar-refractivity contribution in [2.24, 2.45) is 5.92 Å². The highest BCUT2D eigenvalue weighted by Crippen LogP contribution is 2.02. The number of carboxylic acid groups (broad SMARTS) is 1. The largest absolute Gasteiger partial charge is 0.481 e. The second kappa shape index (κ2) is 5.24. The van der Waals surface area contributed by atoms with Crippen molar-refractivity contribution < 1.29 is 14.7 Å². The lowest BCUT2D eigenvalue weighted by Gasteiger charge is -2.18. The van der Waals surface area contributed by atoms with Crippen LogP contribution in [0.3, 0.4) is 0 Å². The summed E-state index contributed by atoms with van der Waals surface area (Å²) in [5, 5.41) is 8.72. The number of hydrogen-bond acceptors (Lipinski definition) is 4. The van der Waals surface area contributed by atoms with E-state index in [0.717, 1.165) is 6.20 Å². The molecule has 1 unspecified atom stereocenters. The van der Waals surface area contributed by atoms with Crippen LogP contribution in [0.5, 0.6) is 0 Å². The predicted octanol–water partition coefficient (Wildman–Crippen LogP) is -0.437. The number of nitrogens with zero attached hydrogens (tertiary/aromatic N) is 2. The van der Waals surface area contributed by atoms with Gasteiger partial charge in [-0.05, 0) is 0 Å². The summed E-state index contributed by atoms with van der Waals surface area (Å²) >= 11 is 0. The van der Waals surface area contributed by atoms with Crippen LogP contribution in [0.2, 0.25) is 0 Å². The molecule has 1 rings (SSSR count). The maximum absolute atomic E-state index is 11.8. The molecule has 0 spiro atoms. The number of nitrogens with one attached hydrogen (secondary N) is 1. The van der Waals surface area contributed by atoms with Crippen molar-refractivity contribution in [3.8, 4) is 0 Å². The second-order valence-corrected chi connectivity index (χ2v) is 3.72. The van der Waals surface area contributed by atoms with Crippen LogP contribution >= 0.6 is 0 Å². The minimum absolute atomic E-state index is 0.0738. The van der Waals surface area contributed by atoms with Crippen LogP contribution in [0, 0.1) is 5.92 Å². The van der Waals surface area contributed by atoms with Crippen molar-refractivity contribution in [3.63, 3.8) is 0 Å². The van der Waals surface area contributed by atoms with Gasteiger partial charge in [0.05, 0.1) is 12.1 Å². The summed E-state index contributed by atoms with van der Waals surface area (Å²) in [4.78, 5) is 40.4. The van der Waals surface area contributed by atoms with Crippen LogP contribution in [-0.2, 0) is 4.79 Å². The van der Waals surface area contributed by atoms with E-state index in [1.165, 1.54) is 25.1 Å². The highest BCUT2D eigenvalue weighted by Gasteiger charge is 2.19. The van der Waals surface area contributed by atoms with E-state index >= 15 is 0 Å². The lowest BCUT2D eigenvalue weighted by Crippen LogP contribution is -2.34. The van der Waals surface area contributed by atoms with Crippen molar-refractivity contribution in [2.45, 2.75) is 6.92 Å². The number of hydrogen-bond donors (Lipinski definition) is 2. The summed E-state index contributed by atoms with van der Waals surface area (Å²) in [6, 6.07) is 0. The number of aromatic nitrogens is 2. The fourth-order valence-corrected chi connectivity index (χ4v) is 1.23. The predicted molar refractivity (Wildman–Crippen MR) is 58.6 cm³/mol. The molecular formula is C10H13N3O4. The number of carboxylic acids is 1. The molecule has 0 saturated heterocycles. The number of carbonyl (C=O) groups is 2. The summed E-state index contributed by atoms with van der Waals surface area (Å²) in [5.41, 5.74) is -0.326. The topological polar surface area (TPSA) is 103 Å². The minimum Gasteiger partial charge on any atom is -0.481 e. The van der Waals surface area contributed by atoms with Gasteiger partial charge in [-0.1, -0.05) is 6.92 Å². The molecule has 1 atom stereocenters. The van der Waals surface area contributed by atoms with Crippen LogP contribution in [0.15, 0.2) is 17.2 Å². The molecule has 0 aliphatic rings. The van der Waals surface area contributed by atoms with E-state index in [9.17, 15) is 14.4 Å². The van der Waals surface area contributed by atoms with Gasteiger partial charge in [0.15, 0.2) is 0 Å². The van der Waals surface area contributed by atoms with E-state index in [4.69, 9.17) is 5.11 Å². The van der Waals surface area contributed by atoms with Crippen molar-refractivity contribution in [1.82, 2.24) is 14.9 Å². The first-order chi connectivity index (χ1) is 7.91. The Morgan fingerprint density at radius 2 is 2.24 bits per heavy atom. The normalized spacial score (nSPS) is 11.9. The zero-order chi connectivity index (χ0) is 13.0. The molecule has 2 N–H and O–H groups in total. The van der Waals surface area contributed by atoms with Crippen molar-refractivity contribution in [1.29, 1.82) is 0 Å². The van der Waals surface area contributed by atoms with Crippen molar-refractivity contribution in [3.05, 3.63) is 28.4 Å². The third-order valence-electron chi connectivity index (χ3n) is 2.21. The first kappa shape index (κ1) is 12.9. The number of H-pyrrole nitrogens is 1. The lowest BCUT2D eigenvalue weighted by atomic mass is 10.2. The standard InChI is InChI=1S/C10H13N3O4/c1-6(10(16)17)5-13(2)9(15)7-3-12-8(14)4-11-7/h3-4,6H,5H2,1-2H3,(H,12,14)(H,16,17). The maximum Gasteiger partial charge on any atom is 0.308 e. The van der Waals surface area contributed by atoms with E-state index in [1.54, 1.807) is 0 Å². The van der Waals surface area contributed by atoms with E-state index in [-0.39, 0.29) is 12.2 Å². The van der Waals surface area contributed by atoms with Gasteiger partial charge in [-0.3, -0.25) is 14.4 Å². The van der Waals surface area contributed by atoms with Gasteiger partial charge in [0, 0.05) is 19.8 Å². The fraction of sp³-hybridized carbons (Fsp3) is 0.400. The van der Waals surface area contributed by atoms with Crippen LogP contribution in [0.25, 0.3) is 0 Å². The van der Waals surface area contributed by atoms with E-state index in [1.807, 2.05) is 0 Å². The van der Waals surface area contributed by atoms with Crippen LogP contribution in [-0.4, -0.2) is 45.4 Å². The molecule has 92 valence electrons. The number of rotatable bonds is 4. The van der Waals surface area contributed by atoms with Gasteiger partial charge in [0.1, 0.15) is 5.69 Å². The zero-order valence-electron chi connectivity index (χ0n) is 9.51. The molecule has 0 saturated carbocycles. The van der Waals surface area contributed by atoms with Crippen molar-refractivity contribution >= 4 is 11.9 Å². The SMILES string of the molecule is CC(CN(C)C(=O)c1c[nH]c(=O)cn1)C(=O)O. The number of carbonyl (C=O) groups excluding carboxylic acids is 1. The summed E-state index contributed by atoms with van der Waals surface area (Å²) in [6.07, 6.45) is 2.20. The third-order valence-corrected chi connectivity index (χ3v) is 2.21. The number of amides is 1. The second-order valence-electron chi connectivity index (χ2n) is 3.72. The molecule has 1 heterocycles. The molecule has 0 aromatic carbocycles. The third kappa shape index (κ3) is 3.40. The number of aliphatic carboxylic acids is 1. The Hall–Kier alpha value is -2.18. The van der Waals surface area contributed by atoms with E-state index < -0.39 is 23.4 Å². The highest BCUT2D eigenvalue weighted by atomic mass is 16.4. The molecule has 7 heteroatoms. The number of aromatic amines is 1. The van der Waals surface area contributed by atoms with Gasteiger partial charge in [0.2, 0.25) is 0 Å². The van der Waals surface area contributed by atoms with Gasteiger partial charge in [-0.15, -0.1) is 0 Å². The molecule has 0 fully saturated rings. The summed E-state index contributed by atoms with van der Waals surface area (Å²) in [7, 11) is 1.48. The molecule has 0 aliphatic heterocycles. The Morgan fingerprint density at radius 1 is 1.59 bits per heavy atom. The average Bonchev–Trinajstić information content (AvgIpc) is 2.28. The van der Waals surface area contributed by atoms with Crippen LogP contribution in [0.1, 0.15) is 17.4 Å². The molecule has 17 heavy (non-hydrogen) atoms. The van der Waals surface area contributed by atoms with Gasteiger partial charge in [0.25, 0.3) is 11.5 Å². The Kier molecular flexibility index (Phi) is 3.97.